The zero-order valence-electron chi connectivity index (χ0n) is 7.77. The molecule has 0 atom stereocenters. The van der Waals surface area contributed by atoms with Crippen molar-refractivity contribution in [1.29, 1.82) is 0 Å². The summed E-state index contributed by atoms with van der Waals surface area (Å²) in [5.74, 6) is 0.0423. The maximum absolute atomic E-state index is 11.7. The molecule has 0 spiro atoms. The van der Waals surface area contributed by atoms with Crippen LogP contribution in [0.1, 0.15) is 12.8 Å². The number of hydrogen-bond acceptors (Lipinski definition) is 4. The van der Waals surface area contributed by atoms with Crippen molar-refractivity contribution in [3.05, 3.63) is 6.20 Å². The van der Waals surface area contributed by atoms with Crippen LogP contribution in [0, 0.1) is 0 Å². The number of sulfonamides is 1. The molecule has 0 aliphatic heterocycles. The van der Waals surface area contributed by atoms with Gasteiger partial charge in [-0.1, -0.05) is 0 Å². The number of aryl methyl sites for hydroxylation is 1. The van der Waals surface area contributed by atoms with E-state index >= 15 is 0 Å². The molecule has 78 valence electrons. The molecule has 0 saturated heterocycles. The highest BCUT2D eigenvalue weighted by atomic mass is 32.2. The summed E-state index contributed by atoms with van der Waals surface area (Å²) < 4.78 is 27.3. The van der Waals surface area contributed by atoms with Gasteiger partial charge in [0.1, 0.15) is 4.90 Å². The quantitative estimate of drug-likeness (QED) is 0.709. The summed E-state index contributed by atoms with van der Waals surface area (Å²) in [6, 6.07) is 0.0830. The molecule has 14 heavy (non-hydrogen) atoms. The average Bonchev–Trinajstić information content (AvgIpc) is 2.76. The first kappa shape index (κ1) is 9.47. The van der Waals surface area contributed by atoms with Gasteiger partial charge in [-0.05, 0) is 12.8 Å². The summed E-state index contributed by atoms with van der Waals surface area (Å²) in [4.78, 5) is 0.0619. The second-order valence-electron chi connectivity index (χ2n) is 3.45. The fraction of sp³-hybridized carbons (Fsp3) is 0.571. The van der Waals surface area contributed by atoms with E-state index in [0.29, 0.717) is 0 Å². The van der Waals surface area contributed by atoms with Crippen molar-refractivity contribution in [3.8, 4) is 0 Å². The minimum absolute atomic E-state index is 0.0423. The molecule has 0 amide bonds. The number of nitrogens with two attached hydrogens (primary N) is 1. The van der Waals surface area contributed by atoms with Gasteiger partial charge in [0.25, 0.3) is 0 Å². The SMILES string of the molecule is Cn1cc(S(=O)(=O)NC2CC2)c(N)n1. The van der Waals surface area contributed by atoms with Crippen LogP contribution in [0.2, 0.25) is 0 Å². The van der Waals surface area contributed by atoms with Gasteiger partial charge in [-0.15, -0.1) is 0 Å². The molecule has 0 radical (unpaired) electrons. The molecule has 0 unspecified atom stereocenters. The zero-order valence-corrected chi connectivity index (χ0v) is 8.58. The molecule has 1 saturated carbocycles. The fourth-order valence-corrected chi connectivity index (χ4v) is 2.58. The summed E-state index contributed by atoms with van der Waals surface area (Å²) in [6.45, 7) is 0. The van der Waals surface area contributed by atoms with Gasteiger partial charge in [0.2, 0.25) is 10.0 Å². The topological polar surface area (TPSA) is 90.0 Å². The lowest BCUT2D eigenvalue weighted by molar-refractivity contribution is 0.581. The van der Waals surface area contributed by atoms with Crippen molar-refractivity contribution in [2.45, 2.75) is 23.8 Å². The zero-order chi connectivity index (χ0) is 10.3. The highest BCUT2D eigenvalue weighted by Crippen LogP contribution is 2.23. The van der Waals surface area contributed by atoms with Crippen LogP contribution in [0.3, 0.4) is 0 Å². The lowest BCUT2D eigenvalue weighted by Crippen LogP contribution is -2.26. The van der Waals surface area contributed by atoms with Crippen molar-refractivity contribution in [1.82, 2.24) is 14.5 Å². The summed E-state index contributed by atoms with van der Waals surface area (Å²) in [7, 11) is -1.83. The number of anilines is 1. The second kappa shape index (κ2) is 2.96. The van der Waals surface area contributed by atoms with Gasteiger partial charge in [-0.25, -0.2) is 13.1 Å². The van der Waals surface area contributed by atoms with Crippen LogP contribution in [-0.2, 0) is 17.1 Å². The standard InChI is InChI=1S/C7H12N4O2S/c1-11-4-6(7(8)9-11)14(12,13)10-5-2-3-5/h4-5,10H,2-3H2,1H3,(H2,8,9). The van der Waals surface area contributed by atoms with Crippen LogP contribution in [0.15, 0.2) is 11.1 Å². The highest BCUT2D eigenvalue weighted by molar-refractivity contribution is 7.89. The van der Waals surface area contributed by atoms with Crippen LogP contribution in [0.4, 0.5) is 5.82 Å². The van der Waals surface area contributed by atoms with E-state index < -0.39 is 10.0 Å². The van der Waals surface area contributed by atoms with Crippen molar-refractivity contribution in [3.63, 3.8) is 0 Å². The Labute approximate surface area is 82.1 Å². The van der Waals surface area contributed by atoms with E-state index in [0.717, 1.165) is 12.8 Å². The molecule has 0 aromatic carbocycles. The molecular formula is C7H12N4O2S. The Morgan fingerprint density at radius 2 is 2.29 bits per heavy atom. The predicted molar refractivity (Wildman–Crippen MR) is 51.0 cm³/mol. The highest BCUT2D eigenvalue weighted by Gasteiger charge is 2.30. The molecule has 1 aliphatic rings. The second-order valence-corrected chi connectivity index (χ2v) is 5.13. The van der Waals surface area contributed by atoms with Crippen LogP contribution in [0.5, 0.6) is 0 Å². The van der Waals surface area contributed by atoms with E-state index in [1.807, 2.05) is 0 Å². The van der Waals surface area contributed by atoms with Crippen molar-refractivity contribution >= 4 is 15.8 Å². The third kappa shape index (κ3) is 1.73. The van der Waals surface area contributed by atoms with Crippen LogP contribution in [0.25, 0.3) is 0 Å². The van der Waals surface area contributed by atoms with Crippen molar-refractivity contribution in [2.75, 3.05) is 5.73 Å². The molecule has 1 heterocycles. The smallest absolute Gasteiger partial charge is 0.246 e. The van der Waals surface area contributed by atoms with Crippen LogP contribution < -0.4 is 10.5 Å². The molecule has 1 fully saturated rings. The molecule has 1 aromatic heterocycles. The maximum atomic E-state index is 11.7. The molecule has 1 aliphatic carbocycles. The van der Waals surface area contributed by atoms with Gasteiger partial charge in [0.05, 0.1) is 0 Å². The van der Waals surface area contributed by atoms with Crippen LogP contribution >= 0.6 is 0 Å². The lowest BCUT2D eigenvalue weighted by Gasteiger charge is -2.02. The Hall–Kier alpha value is -1.08. The average molecular weight is 216 g/mol. The van der Waals surface area contributed by atoms with Gasteiger partial charge in [-0.2, -0.15) is 5.10 Å². The van der Waals surface area contributed by atoms with Crippen LogP contribution in [-0.4, -0.2) is 24.2 Å². The van der Waals surface area contributed by atoms with Gasteiger partial charge in [0, 0.05) is 19.3 Å². The summed E-state index contributed by atoms with van der Waals surface area (Å²) in [5.41, 5.74) is 5.47. The van der Waals surface area contributed by atoms with E-state index in [2.05, 4.69) is 9.82 Å². The number of aromatic nitrogens is 2. The summed E-state index contributed by atoms with van der Waals surface area (Å²) in [5, 5.41) is 3.78. The van der Waals surface area contributed by atoms with Crippen molar-refractivity contribution in [2.24, 2.45) is 7.05 Å². The number of rotatable bonds is 3. The molecule has 0 bridgehead atoms. The monoisotopic (exact) mass is 216 g/mol. The molecule has 3 N–H and O–H groups in total. The third-order valence-corrected chi connectivity index (χ3v) is 3.55. The molecule has 7 heteroatoms. The first-order valence-corrected chi connectivity index (χ1v) is 5.79. The number of hydrogen-bond donors (Lipinski definition) is 2. The Bertz CT molecular complexity index is 446. The van der Waals surface area contributed by atoms with Gasteiger partial charge in [-0.3, -0.25) is 4.68 Å². The Balaban J connectivity index is 2.32. The van der Waals surface area contributed by atoms with Crippen molar-refractivity contribution < 1.29 is 8.42 Å². The Morgan fingerprint density at radius 1 is 1.64 bits per heavy atom. The van der Waals surface area contributed by atoms with E-state index in [-0.39, 0.29) is 16.8 Å². The minimum atomic E-state index is -3.47. The first-order valence-electron chi connectivity index (χ1n) is 4.30. The normalized spacial score (nSPS) is 17.2. The molecular weight excluding hydrogens is 204 g/mol. The fourth-order valence-electron chi connectivity index (χ4n) is 1.18. The largest absolute Gasteiger partial charge is 0.381 e. The Kier molecular flexibility index (Phi) is 2.00. The van der Waals surface area contributed by atoms with E-state index in [1.165, 1.54) is 10.9 Å². The van der Waals surface area contributed by atoms with Gasteiger partial charge >= 0.3 is 0 Å². The minimum Gasteiger partial charge on any atom is -0.381 e. The number of nitrogen functional groups attached to an aromatic ring is 1. The summed E-state index contributed by atoms with van der Waals surface area (Å²) >= 11 is 0. The lowest BCUT2D eigenvalue weighted by atomic mass is 10.7. The predicted octanol–water partition coefficient (Wildman–Crippen LogP) is -0.557. The molecule has 6 nitrogen and oxygen atoms in total. The van der Waals surface area contributed by atoms with Gasteiger partial charge < -0.3 is 5.73 Å². The number of nitrogens with zero attached hydrogens (tertiary/aromatic N) is 2. The van der Waals surface area contributed by atoms with E-state index in [9.17, 15) is 8.42 Å². The molecule has 2 rings (SSSR count). The first-order chi connectivity index (χ1) is 6.49. The third-order valence-electron chi connectivity index (χ3n) is 2.01. The number of nitrogens with one attached hydrogen (secondary N) is 1. The van der Waals surface area contributed by atoms with Gasteiger partial charge in [0.15, 0.2) is 5.82 Å². The van der Waals surface area contributed by atoms with E-state index in [4.69, 9.17) is 5.73 Å². The molecule has 1 aromatic rings. The Morgan fingerprint density at radius 3 is 2.71 bits per heavy atom. The maximum Gasteiger partial charge on any atom is 0.246 e. The van der Waals surface area contributed by atoms with E-state index in [1.54, 1.807) is 7.05 Å². The summed E-state index contributed by atoms with van der Waals surface area (Å²) in [6.07, 6.45) is 3.21.